The summed E-state index contributed by atoms with van der Waals surface area (Å²) in [5.74, 6) is -0.653. The predicted octanol–water partition coefficient (Wildman–Crippen LogP) is 11.7. The number of esters is 1. The molecule has 0 atom stereocenters. The lowest BCUT2D eigenvalue weighted by molar-refractivity contribution is 0.0696. The molecule has 0 amide bonds. The van der Waals surface area contributed by atoms with Crippen LogP contribution in [0.2, 0.25) is 0 Å². The van der Waals surface area contributed by atoms with Gasteiger partial charge >= 0.3 is 11.9 Å². The third-order valence-electron chi connectivity index (χ3n) is 6.98. The van der Waals surface area contributed by atoms with Gasteiger partial charge < -0.3 is 9.84 Å². The molecule has 0 heterocycles. The molecule has 0 unspecified atom stereocenters. The predicted molar refractivity (Wildman–Crippen MR) is 206 cm³/mol. The number of hydrogen-bond acceptors (Lipinski definition) is 3. The Bertz CT molecular complexity index is 1950. The number of carbonyl (C=O) groups excluding carboxylic acids is 1. The highest BCUT2D eigenvalue weighted by Crippen LogP contribution is 2.21. The van der Waals surface area contributed by atoms with Crippen LogP contribution in [0.15, 0.2) is 224 Å². The van der Waals surface area contributed by atoms with Crippen molar-refractivity contribution in [2.75, 3.05) is 0 Å². The van der Waals surface area contributed by atoms with Crippen molar-refractivity contribution in [2.24, 2.45) is 0 Å². The Balaban J connectivity index is 0.000000155. The number of rotatable bonds is 3. The number of carboxylic acids is 1. The number of hydrogen-bond donors (Lipinski definition) is 1. The summed E-state index contributed by atoms with van der Waals surface area (Å²) in [5.41, 5.74) is 0.944. The molecule has 0 spiro atoms. The molecule has 0 saturated carbocycles. The molecule has 8 aromatic rings. The van der Waals surface area contributed by atoms with E-state index in [-0.39, 0.29) is 5.97 Å². The van der Waals surface area contributed by atoms with E-state index in [4.69, 9.17) is 9.84 Å². The Hall–Kier alpha value is -6.78. The van der Waals surface area contributed by atoms with E-state index in [2.05, 4.69) is 0 Å². The van der Waals surface area contributed by atoms with Crippen LogP contribution in [0, 0.1) is 0 Å². The van der Waals surface area contributed by atoms with E-state index in [0.717, 1.165) is 21.5 Å². The average Bonchev–Trinajstić information content (AvgIpc) is 3.21. The molecule has 0 aliphatic heterocycles. The van der Waals surface area contributed by atoms with Crippen molar-refractivity contribution in [3.05, 3.63) is 236 Å². The number of aromatic carboxylic acids is 1. The van der Waals surface area contributed by atoms with Gasteiger partial charge in [0, 0.05) is 0 Å². The van der Waals surface area contributed by atoms with Gasteiger partial charge in [-0.05, 0) is 45.8 Å². The highest BCUT2D eigenvalue weighted by Gasteiger charge is 2.11. The Labute approximate surface area is 293 Å². The second kappa shape index (κ2) is 21.2. The molecule has 4 heteroatoms. The SMILES string of the molecule is O=C(O)c1cccc2ccccc12.O=C(Oc1ccccc1)c1cccc2ccccc12.c1ccccc1.c1ccccc1.c1ccccc1. The lowest BCUT2D eigenvalue weighted by atomic mass is 10.0. The molecule has 8 rings (SSSR count). The molecule has 0 aromatic heterocycles. The Morgan fingerprint density at radius 2 is 0.640 bits per heavy atom. The lowest BCUT2D eigenvalue weighted by Gasteiger charge is -2.06. The summed E-state index contributed by atoms with van der Waals surface area (Å²) in [4.78, 5) is 23.0. The maximum Gasteiger partial charge on any atom is 0.344 e. The summed E-state index contributed by atoms with van der Waals surface area (Å²) in [6, 6.07) is 71.2. The number of ether oxygens (including phenoxy) is 1. The van der Waals surface area contributed by atoms with E-state index in [1.807, 2.05) is 194 Å². The minimum absolute atomic E-state index is 0.331. The summed E-state index contributed by atoms with van der Waals surface area (Å²) >= 11 is 0. The number of fused-ring (bicyclic) bond motifs is 2. The first-order chi connectivity index (χ1) is 24.6. The smallest absolute Gasteiger partial charge is 0.344 e. The van der Waals surface area contributed by atoms with Gasteiger partial charge in [0.25, 0.3) is 0 Å². The number of carboxylic acid groups (broad SMARTS) is 1. The first-order valence-electron chi connectivity index (χ1n) is 16.1. The fourth-order valence-corrected chi connectivity index (χ4v) is 4.62. The van der Waals surface area contributed by atoms with E-state index in [1.165, 1.54) is 0 Å². The van der Waals surface area contributed by atoms with Crippen LogP contribution in [0.3, 0.4) is 0 Å². The normalized spacial score (nSPS) is 9.44. The fraction of sp³-hybridized carbons (Fsp3) is 0. The largest absolute Gasteiger partial charge is 0.478 e. The summed E-state index contributed by atoms with van der Waals surface area (Å²) in [6.07, 6.45) is 0. The molecule has 0 aliphatic carbocycles. The first kappa shape index (κ1) is 36.1. The van der Waals surface area contributed by atoms with E-state index < -0.39 is 5.97 Å². The molecular weight excluding hydrogens is 617 g/mol. The topological polar surface area (TPSA) is 63.6 Å². The van der Waals surface area contributed by atoms with Gasteiger partial charge in [-0.15, -0.1) is 0 Å². The second-order valence-corrected chi connectivity index (χ2v) is 10.5. The van der Waals surface area contributed by atoms with Gasteiger partial charge in [-0.1, -0.05) is 200 Å². The second-order valence-electron chi connectivity index (χ2n) is 10.5. The van der Waals surface area contributed by atoms with E-state index >= 15 is 0 Å². The van der Waals surface area contributed by atoms with E-state index in [9.17, 15) is 9.59 Å². The van der Waals surface area contributed by atoms with E-state index in [1.54, 1.807) is 30.3 Å². The van der Waals surface area contributed by atoms with Crippen LogP contribution in [-0.4, -0.2) is 17.0 Å². The quantitative estimate of drug-likeness (QED) is 0.152. The summed E-state index contributed by atoms with van der Waals surface area (Å²) in [5, 5.41) is 12.6. The van der Waals surface area contributed by atoms with E-state index in [0.29, 0.717) is 16.9 Å². The molecule has 0 bridgehead atoms. The molecule has 1 N–H and O–H groups in total. The van der Waals surface area contributed by atoms with Gasteiger partial charge in [0.2, 0.25) is 0 Å². The molecule has 0 saturated heterocycles. The van der Waals surface area contributed by atoms with Crippen molar-refractivity contribution in [3.63, 3.8) is 0 Å². The first-order valence-corrected chi connectivity index (χ1v) is 16.1. The van der Waals surface area contributed by atoms with Crippen LogP contribution < -0.4 is 4.74 Å². The zero-order chi connectivity index (χ0) is 35.1. The molecule has 0 fully saturated rings. The van der Waals surface area contributed by atoms with Crippen LogP contribution in [0.4, 0.5) is 0 Å². The van der Waals surface area contributed by atoms with Crippen LogP contribution in [-0.2, 0) is 0 Å². The monoisotopic (exact) mass is 654 g/mol. The molecule has 4 nitrogen and oxygen atoms in total. The standard InChI is InChI=1S/C17H12O2.C11H8O2.3C6H6/c18-17(19-14-9-2-1-3-10-14)16-12-6-8-13-7-4-5-11-15(13)16;12-11(13)10-7-3-5-8-4-1-2-6-9(8)10;3*1-2-4-6-5-3-1/h1-12H;1-7H,(H,12,13);3*1-6H. The molecule has 0 radical (unpaired) electrons. The maximum atomic E-state index is 12.2. The molecule has 50 heavy (non-hydrogen) atoms. The molecule has 246 valence electrons. The van der Waals surface area contributed by atoms with Crippen molar-refractivity contribution in [3.8, 4) is 5.75 Å². The average molecular weight is 655 g/mol. The summed E-state index contributed by atoms with van der Waals surface area (Å²) in [7, 11) is 0. The maximum absolute atomic E-state index is 12.2. The van der Waals surface area contributed by atoms with Gasteiger partial charge in [0.1, 0.15) is 5.75 Å². The minimum Gasteiger partial charge on any atom is -0.478 e. The number of carbonyl (C=O) groups is 2. The van der Waals surface area contributed by atoms with Gasteiger partial charge in [0.15, 0.2) is 0 Å². The minimum atomic E-state index is -0.878. The van der Waals surface area contributed by atoms with Crippen molar-refractivity contribution in [1.29, 1.82) is 0 Å². The highest BCUT2D eigenvalue weighted by molar-refractivity contribution is 6.05. The van der Waals surface area contributed by atoms with Crippen LogP contribution in [0.5, 0.6) is 5.75 Å². The van der Waals surface area contributed by atoms with Crippen molar-refractivity contribution >= 4 is 33.5 Å². The van der Waals surface area contributed by atoms with Gasteiger partial charge in [-0.25, -0.2) is 9.59 Å². The van der Waals surface area contributed by atoms with Crippen LogP contribution in [0.25, 0.3) is 21.5 Å². The zero-order valence-electron chi connectivity index (χ0n) is 27.5. The van der Waals surface area contributed by atoms with Gasteiger partial charge in [-0.2, -0.15) is 0 Å². The highest BCUT2D eigenvalue weighted by atomic mass is 16.5. The van der Waals surface area contributed by atoms with Crippen molar-refractivity contribution in [1.82, 2.24) is 0 Å². The number of para-hydroxylation sites is 1. The third kappa shape index (κ3) is 12.4. The summed E-state index contributed by atoms with van der Waals surface area (Å²) in [6.45, 7) is 0. The van der Waals surface area contributed by atoms with Gasteiger partial charge in [-0.3, -0.25) is 0 Å². The zero-order valence-corrected chi connectivity index (χ0v) is 27.5. The van der Waals surface area contributed by atoms with Gasteiger partial charge in [0.05, 0.1) is 11.1 Å². The third-order valence-corrected chi connectivity index (χ3v) is 6.98. The molecule has 0 aliphatic rings. The lowest BCUT2D eigenvalue weighted by Crippen LogP contribution is -2.08. The van der Waals surface area contributed by atoms with Crippen molar-refractivity contribution < 1.29 is 19.4 Å². The Morgan fingerprint density at radius 3 is 1.04 bits per heavy atom. The van der Waals surface area contributed by atoms with Crippen molar-refractivity contribution in [2.45, 2.75) is 0 Å². The molecule has 8 aromatic carbocycles. The molecular formula is C46H38O4. The Kier molecular flexibility index (Phi) is 15.3. The summed E-state index contributed by atoms with van der Waals surface area (Å²) < 4.78 is 5.37. The Morgan fingerprint density at radius 1 is 0.340 bits per heavy atom. The van der Waals surface area contributed by atoms with Crippen LogP contribution in [0.1, 0.15) is 20.7 Å². The fourth-order valence-electron chi connectivity index (χ4n) is 4.62. The number of benzene rings is 8. The van der Waals surface area contributed by atoms with Crippen LogP contribution >= 0.6 is 0 Å².